The lowest BCUT2D eigenvalue weighted by Gasteiger charge is -2.50. The number of hydrogen-bond donors (Lipinski definition) is 1. The Morgan fingerprint density at radius 1 is 1.11 bits per heavy atom. The highest BCUT2D eigenvalue weighted by Gasteiger charge is 2.47. The van der Waals surface area contributed by atoms with Crippen molar-refractivity contribution in [1.29, 1.82) is 0 Å². The third kappa shape index (κ3) is 5.35. The molecule has 1 amide bonds. The minimum atomic E-state index is -1.07. The molecule has 1 unspecified atom stereocenters. The van der Waals surface area contributed by atoms with E-state index in [0.29, 0.717) is 36.8 Å². The van der Waals surface area contributed by atoms with E-state index < -0.39 is 11.8 Å². The first-order valence-electron chi connectivity index (χ1n) is 12.4. The summed E-state index contributed by atoms with van der Waals surface area (Å²) in [5.41, 5.74) is 0.554. The van der Waals surface area contributed by atoms with Crippen LogP contribution in [0.25, 0.3) is 0 Å². The number of carbonyl (C=O) groups is 1. The molecule has 2 saturated heterocycles. The van der Waals surface area contributed by atoms with Gasteiger partial charge in [0, 0.05) is 31.1 Å². The van der Waals surface area contributed by atoms with Gasteiger partial charge in [0.05, 0.1) is 28.0 Å². The van der Waals surface area contributed by atoms with Gasteiger partial charge in [-0.25, -0.2) is 9.80 Å². The van der Waals surface area contributed by atoms with E-state index in [0.717, 1.165) is 49.9 Å². The molecule has 2 aromatic rings. The van der Waals surface area contributed by atoms with E-state index in [4.69, 9.17) is 18.9 Å². The van der Waals surface area contributed by atoms with Crippen molar-refractivity contribution < 1.29 is 28.8 Å². The summed E-state index contributed by atoms with van der Waals surface area (Å²) in [4.78, 5) is 19.2. The molecule has 0 aliphatic carbocycles. The molecule has 2 fully saturated rings. The highest BCUT2D eigenvalue weighted by Crippen LogP contribution is 2.47. The number of hydrazine groups is 1. The van der Waals surface area contributed by atoms with Crippen molar-refractivity contribution in [1.82, 2.24) is 19.9 Å². The number of rotatable bonds is 10. The van der Waals surface area contributed by atoms with Gasteiger partial charge in [-0.05, 0) is 69.0 Å². The maximum absolute atomic E-state index is 12.8. The maximum atomic E-state index is 12.8. The highest BCUT2D eigenvalue weighted by atomic mass is 16.5. The first-order chi connectivity index (χ1) is 17.5. The first-order valence-corrected chi connectivity index (χ1v) is 12.4. The summed E-state index contributed by atoms with van der Waals surface area (Å²) in [6.45, 7) is 2.78. The van der Waals surface area contributed by atoms with Crippen molar-refractivity contribution in [3.05, 3.63) is 47.8 Å². The smallest absolute Gasteiger partial charge is 0.423 e. The summed E-state index contributed by atoms with van der Waals surface area (Å²) in [6.07, 6.45) is 6.91. The number of methoxy groups -OCH3 is 3. The summed E-state index contributed by atoms with van der Waals surface area (Å²) < 4.78 is 23.4. The lowest BCUT2D eigenvalue weighted by Crippen LogP contribution is -2.61. The van der Waals surface area contributed by atoms with E-state index in [1.54, 1.807) is 33.7 Å². The molecule has 2 aliphatic heterocycles. The van der Waals surface area contributed by atoms with E-state index in [1.165, 1.54) is 5.01 Å². The zero-order chi connectivity index (χ0) is 25.5. The normalized spacial score (nSPS) is 20.3. The third-order valence-corrected chi connectivity index (χ3v) is 6.88. The molecule has 36 heavy (non-hydrogen) atoms. The molecule has 3 heterocycles. The van der Waals surface area contributed by atoms with Crippen molar-refractivity contribution in [3.63, 3.8) is 0 Å². The molecule has 10 heteroatoms. The number of benzene rings is 1. The fourth-order valence-corrected chi connectivity index (χ4v) is 5.09. The van der Waals surface area contributed by atoms with E-state index in [9.17, 15) is 9.90 Å². The molecule has 1 aromatic carbocycles. The second-order valence-electron chi connectivity index (χ2n) is 9.07. The van der Waals surface area contributed by atoms with Crippen LogP contribution < -0.4 is 14.2 Å². The molecular formula is C26H36N4O6. The summed E-state index contributed by atoms with van der Waals surface area (Å²) in [6, 6.07) is 7.52. The van der Waals surface area contributed by atoms with Crippen LogP contribution in [0, 0.1) is 0 Å². The summed E-state index contributed by atoms with van der Waals surface area (Å²) in [5, 5.41) is 13.7. The Labute approximate surface area is 212 Å². The number of nitrogens with zero attached hydrogens (tertiary/aromatic N) is 4. The second kappa shape index (κ2) is 11.8. The van der Waals surface area contributed by atoms with Gasteiger partial charge in [-0.2, -0.15) is 5.01 Å². The molecule has 0 bridgehead atoms. The Bertz CT molecular complexity index is 984. The average Bonchev–Trinajstić information content (AvgIpc) is 3.44. The number of amides is 1. The molecule has 0 saturated carbocycles. The fraction of sp³-hybridized carbons (Fsp3) is 0.538. The predicted octanol–water partition coefficient (Wildman–Crippen LogP) is 3.91. The van der Waals surface area contributed by atoms with Crippen molar-refractivity contribution in [2.24, 2.45) is 0 Å². The lowest BCUT2D eigenvalue weighted by molar-refractivity contribution is -0.262. The SMILES string of the molecule is COc1cc(C2(N(Cc3cccnc3)N(CN3CCCC3)C(=O)O)CCCCO2)cc(OC)c1OC. The van der Waals surface area contributed by atoms with Crippen LogP contribution in [0.4, 0.5) is 4.79 Å². The van der Waals surface area contributed by atoms with E-state index in [-0.39, 0.29) is 6.67 Å². The Hall–Kier alpha value is -3.08. The summed E-state index contributed by atoms with van der Waals surface area (Å²) in [7, 11) is 4.70. The Morgan fingerprint density at radius 2 is 1.83 bits per heavy atom. The molecular weight excluding hydrogens is 464 g/mol. The van der Waals surface area contributed by atoms with Crippen LogP contribution in [-0.4, -0.2) is 78.8 Å². The fourth-order valence-electron chi connectivity index (χ4n) is 5.09. The minimum Gasteiger partial charge on any atom is -0.493 e. The molecule has 10 nitrogen and oxygen atoms in total. The molecule has 1 aromatic heterocycles. The number of ether oxygens (including phenoxy) is 4. The molecule has 0 radical (unpaired) electrons. The predicted molar refractivity (Wildman–Crippen MR) is 133 cm³/mol. The number of hydrogen-bond acceptors (Lipinski definition) is 8. The van der Waals surface area contributed by atoms with E-state index >= 15 is 0 Å². The van der Waals surface area contributed by atoms with Gasteiger partial charge >= 0.3 is 6.09 Å². The Morgan fingerprint density at radius 3 is 2.36 bits per heavy atom. The third-order valence-electron chi connectivity index (χ3n) is 6.88. The van der Waals surface area contributed by atoms with Crippen LogP contribution in [0.3, 0.4) is 0 Å². The average molecular weight is 501 g/mol. The molecule has 4 rings (SSSR count). The van der Waals surface area contributed by atoms with Crippen molar-refractivity contribution >= 4 is 6.09 Å². The minimum absolute atomic E-state index is 0.255. The van der Waals surface area contributed by atoms with Crippen LogP contribution in [0.1, 0.15) is 43.2 Å². The monoisotopic (exact) mass is 500 g/mol. The molecule has 1 atom stereocenters. The van der Waals surface area contributed by atoms with Gasteiger partial charge < -0.3 is 24.1 Å². The highest BCUT2D eigenvalue weighted by molar-refractivity contribution is 5.64. The maximum Gasteiger partial charge on any atom is 0.423 e. The Balaban J connectivity index is 1.87. The van der Waals surface area contributed by atoms with Gasteiger partial charge in [0.2, 0.25) is 5.75 Å². The van der Waals surface area contributed by atoms with E-state index in [2.05, 4.69) is 9.88 Å². The van der Waals surface area contributed by atoms with Gasteiger partial charge in [-0.3, -0.25) is 9.88 Å². The van der Waals surface area contributed by atoms with E-state index in [1.807, 2.05) is 29.3 Å². The van der Waals surface area contributed by atoms with Crippen LogP contribution >= 0.6 is 0 Å². The standard InChI is InChI=1S/C26H36N4O6/c1-33-22-15-21(16-23(34-2)24(22)35-3)26(10-4-7-14-36-26)30(18-20-9-8-11-27-17-20)29(25(31)32)19-28-12-5-6-13-28/h8-9,11,15-17H,4-7,10,12-14,18-19H2,1-3H3,(H,31,32). The largest absolute Gasteiger partial charge is 0.493 e. The van der Waals surface area contributed by atoms with Crippen molar-refractivity contribution in [2.45, 2.75) is 44.4 Å². The zero-order valence-corrected chi connectivity index (χ0v) is 21.3. The second-order valence-corrected chi connectivity index (χ2v) is 9.07. The molecule has 196 valence electrons. The zero-order valence-electron chi connectivity index (χ0n) is 21.3. The van der Waals surface area contributed by atoms with Crippen molar-refractivity contribution in [2.75, 3.05) is 47.7 Å². The topological polar surface area (TPSA) is 96.8 Å². The van der Waals surface area contributed by atoms with Crippen LogP contribution in [0.5, 0.6) is 17.2 Å². The molecule has 0 spiro atoms. The number of pyridine rings is 1. The molecule has 2 aliphatic rings. The van der Waals surface area contributed by atoms with Gasteiger partial charge in [0.25, 0.3) is 0 Å². The molecule has 1 N–H and O–H groups in total. The van der Waals surface area contributed by atoms with Crippen LogP contribution in [0.15, 0.2) is 36.7 Å². The van der Waals surface area contributed by atoms with Crippen LogP contribution in [0.2, 0.25) is 0 Å². The van der Waals surface area contributed by atoms with Crippen molar-refractivity contribution in [3.8, 4) is 17.2 Å². The summed E-state index contributed by atoms with van der Waals surface area (Å²) >= 11 is 0. The first kappa shape index (κ1) is 26.0. The van der Waals surface area contributed by atoms with Gasteiger partial charge in [0.15, 0.2) is 17.2 Å². The number of carboxylic acid groups (broad SMARTS) is 1. The number of aromatic nitrogens is 1. The van der Waals surface area contributed by atoms with Gasteiger partial charge in [-0.15, -0.1) is 0 Å². The van der Waals surface area contributed by atoms with Gasteiger partial charge in [0.1, 0.15) is 0 Å². The number of likely N-dealkylation sites (tertiary alicyclic amines) is 1. The van der Waals surface area contributed by atoms with Gasteiger partial charge in [-0.1, -0.05) is 6.07 Å². The van der Waals surface area contributed by atoms with Crippen LogP contribution in [-0.2, 0) is 17.0 Å². The summed E-state index contributed by atoms with van der Waals surface area (Å²) in [5.74, 6) is 1.45. The quantitative estimate of drug-likeness (QED) is 0.487. The lowest BCUT2D eigenvalue weighted by atomic mass is 9.92. The Kier molecular flexibility index (Phi) is 8.50.